The van der Waals surface area contributed by atoms with E-state index in [9.17, 15) is 4.79 Å². The van der Waals surface area contributed by atoms with E-state index in [1.165, 1.54) is 4.90 Å². The van der Waals surface area contributed by atoms with Gasteiger partial charge in [-0.25, -0.2) is 0 Å². The highest BCUT2D eigenvalue weighted by molar-refractivity contribution is 5.80. The molecule has 0 saturated heterocycles. The molecular weight excluding hydrogens is 344 g/mol. The Balaban J connectivity index is 2.20. The highest BCUT2D eigenvalue weighted by Crippen LogP contribution is 2.39. The number of amides is 1. The van der Waals surface area contributed by atoms with Crippen molar-refractivity contribution in [2.24, 2.45) is 0 Å². The van der Waals surface area contributed by atoms with Crippen molar-refractivity contribution in [3.63, 3.8) is 0 Å². The van der Waals surface area contributed by atoms with Gasteiger partial charge in [0.1, 0.15) is 12.6 Å². The summed E-state index contributed by atoms with van der Waals surface area (Å²) >= 11 is 0. The number of nitrogens with one attached hydrogen (secondary N) is 2. The number of benzene rings is 2. The van der Waals surface area contributed by atoms with Gasteiger partial charge in [0.25, 0.3) is 0 Å². The molecule has 0 radical (unpaired) electrons. The van der Waals surface area contributed by atoms with Crippen molar-refractivity contribution >= 4 is 5.91 Å². The first-order valence-electron chi connectivity index (χ1n) is 8.91. The van der Waals surface area contributed by atoms with E-state index in [4.69, 9.17) is 14.2 Å². The van der Waals surface area contributed by atoms with E-state index in [1.807, 2.05) is 36.4 Å². The Hall–Kier alpha value is -2.73. The van der Waals surface area contributed by atoms with E-state index >= 15 is 0 Å². The molecule has 0 aliphatic heterocycles. The van der Waals surface area contributed by atoms with E-state index in [0.717, 1.165) is 17.7 Å². The summed E-state index contributed by atoms with van der Waals surface area (Å²) in [6.45, 7) is 0.790. The zero-order valence-electron chi connectivity index (χ0n) is 16.7. The van der Waals surface area contributed by atoms with Gasteiger partial charge in [0.2, 0.25) is 11.7 Å². The van der Waals surface area contributed by atoms with E-state index < -0.39 is 0 Å². The van der Waals surface area contributed by atoms with Crippen LogP contribution >= 0.6 is 0 Å². The third kappa shape index (κ3) is 5.37. The molecule has 0 unspecified atom stereocenters. The molecule has 1 atom stereocenters. The van der Waals surface area contributed by atoms with Crippen LogP contribution < -0.4 is 24.4 Å². The number of hydrogen-bond donors (Lipinski definition) is 2. The monoisotopic (exact) mass is 373 g/mol. The van der Waals surface area contributed by atoms with Gasteiger partial charge < -0.3 is 24.4 Å². The number of hydrogen-bond acceptors (Lipinski definition) is 4. The molecule has 1 amide bonds. The smallest absolute Gasteiger partial charge is 0.225 e. The largest absolute Gasteiger partial charge is 0.493 e. The fourth-order valence-corrected chi connectivity index (χ4v) is 3.07. The molecular formula is C21H29N2O4+. The van der Waals surface area contributed by atoms with Crippen LogP contribution in [0, 0.1) is 0 Å². The van der Waals surface area contributed by atoms with Crippen molar-refractivity contribution in [2.75, 3.05) is 42.0 Å². The Labute approximate surface area is 161 Å². The molecule has 6 nitrogen and oxygen atoms in total. The summed E-state index contributed by atoms with van der Waals surface area (Å²) in [5.74, 6) is 1.50. The molecule has 0 fully saturated rings. The number of carbonyl (C=O) groups is 1. The summed E-state index contributed by atoms with van der Waals surface area (Å²) < 4.78 is 16.2. The third-order valence-corrected chi connectivity index (χ3v) is 4.29. The van der Waals surface area contributed by atoms with Gasteiger partial charge in [-0.1, -0.05) is 36.4 Å². The molecule has 0 heterocycles. The number of quaternary nitrogens is 1. The summed E-state index contributed by atoms with van der Waals surface area (Å²) in [6, 6.07) is 13.6. The number of rotatable bonds is 9. The number of likely N-dealkylation sites (N-methyl/N-ethyl adjacent to an activating group) is 1. The molecule has 0 bridgehead atoms. The van der Waals surface area contributed by atoms with Gasteiger partial charge in [0, 0.05) is 5.56 Å². The second kappa shape index (κ2) is 9.83. The van der Waals surface area contributed by atoms with Crippen molar-refractivity contribution in [3.8, 4) is 17.2 Å². The Morgan fingerprint density at radius 3 is 2.19 bits per heavy atom. The minimum absolute atomic E-state index is 0.0603. The molecule has 0 aromatic heterocycles. The van der Waals surface area contributed by atoms with Crippen LogP contribution in [0.3, 0.4) is 0 Å². The lowest BCUT2D eigenvalue weighted by molar-refractivity contribution is -0.860. The van der Waals surface area contributed by atoms with Crippen LogP contribution in [-0.4, -0.2) is 47.9 Å². The second-order valence-corrected chi connectivity index (χ2v) is 6.61. The Kier molecular flexibility index (Phi) is 7.49. The van der Waals surface area contributed by atoms with Crippen LogP contribution in [0.1, 0.15) is 17.2 Å². The number of methoxy groups -OCH3 is 3. The minimum atomic E-state index is -0.0735. The van der Waals surface area contributed by atoms with Crippen molar-refractivity contribution in [3.05, 3.63) is 53.6 Å². The van der Waals surface area contributed by atoms with Gasteiger partial charge in [-0.2, -0.15) is 0 Å². The molecule has 27 heavy (non-hydrogen) atoms. The summed E-state index contributed by atoms with van der Waals surface area (Å²) in [4.78, 5) is 14.0. The molecule has 2 aromatic rings. The molecule has 6 heteroatoms. The van der Waals surface area contributed by atoms with Crippen molar-refractivity contribution in [1.82, 2.24) is 5.32 Å². The van der Waals surface area contributed by atoms with Crippen LogP contribution in [0.15, 0.2) is 42.5 Å². The Bertz CT molecular complexity index is 747. The molecule has 146 valence electrons. The van der Waals surface area contributed by atoms with E-state index in [1.54, 1.807) is 27.4 Å². The average molecular weight is 373 g/mol. The Morgan fingerprint density at radius 1 is 0.963 bits per heavy atom. The van der Waals surface area contributed by atoms with Crippen LogP contribution in [0.25, 0.3) is 0 Å². The van der Waals surface area contributed by atoms with Gasteiger partial charge in [0.05, 0.1) is 41.8 Å². The highest BCUT2D eigenvalue weighted by Gasteiger charge is 2.21. The summed E-state index contributed by atoms with van der Waals surface area (Å²) in [6.07, 6.45) is 0.190. The normalized spacial score (nSPS) is 11.8. The van der Waals surface area contributed by atoms with Crippen molar-refractivity contribution in [2.45, 2.75) is 12.5 Å². The van der Waals surface area contributed by atoms with Gasteiger partial charge >= 0.3 is 0 Å². The first-order chi connectivity index (χ1) is 13.0. The maximum Gasteiger partial charge on any atom is 0.225 e. The third-order valence-electron chi connectivity index (χ3n) is 4.29. The standard InChI is InChI=1S/C21H28N2O4/c1-23(2)14-17(15-9-7-6-8-10-15)22-19(24)13-16-11-12-18(25-3)21(27-5)20(16)26-4/h6-12,17H,13-14H2,1-5H3,(H,22,24)/p+1/t17-/m1/s1. The van der Waals surface area contributed by atoms with Crippen LogP contribution in [0.5, 0.6) is 17.2 Å². The number of ether oxygens (including phenoxy) is 3. The molecule has 0 saturated carbocycles. The van der Waals surface area contributed by atoms with Gasteiger partial charge in [0.15, 0.2) is 11.5 Å². The molecule has 2 N–H and O–H groups in total. The van der Waals surface area contributed by atoms with Gasteiger partial charge in [-0.3, -0.25) is 4.79 Å². The first kappa shape index (κ1) is 20.6. The van der Waals surface area contributed by atoms with E-state index in [2.05, 4.69) is 19.4 Å². The van der Waals surface area contributed by atoms with Crippen LogP contribution in [0.4, 0.5) is 0 Å². The maximum atomic E-state index is 12.8. The minimum Gasteiger partial charge on any atom is -0.493 e. The first-order valence-corrected chi connectivity index (χ1v) is 8.91. The summed E-state index contributed by atoms with van der Waals surface area (Å²) in [5.41, 5.74) is 1.84. The topological polar surface area (TPSA) is 61.2 Å². The predicted octanol–water partition coefficient (Wildman–Crippen LogP) is 1.26. The second-order valence-electron chi connectivity index (χ2n) is 6.61. The lowest BCUT2D eigenvalue weighted by atomic mass is 10.0. The predicted molar refractivity (Wildman–Crippen MR) is 105 cm³/mol. The van der Waals surface area contributed by atoms with E-state index in [-0.39, 0.29) is 18.4 Å². The molecule has 0 aliphatic carbocycles. The quantitative estimate of drug-likeness (QED) is 0.695. The highest BCUT2D eigenvalue weighted by atomic mass is 16.5. The summed E-state index contributed by atoms with van der Waals surface area (Å²) in [5, 5.41) is 3.14. The van der Waals surface area contributed by atoms with Crippen LogP contribution in [-0.2, 0) is 11.2 Å². The van der Waals surface area contributed by atoms with Crippen molar-refractivity contribution in [1.29, 1.82) is 0 Å². The maximum absolute atomic E-state index is 12.8. The lowest BCUT2D eigenvalue weighted by Gasteiger charge is -2.21. The van der Waals surface area contributed by atoms with E-state index in [0.29, 0.717) is 17.2 Å². The van der Waals surface area contributed by atoms with Crippen LogP contribution in [0.2, 0.25) is 0 Å². The summed E-state index contributed by atoms with van der Waals surface area (Å²) in [7, 11) is 8.81. The van der Waals surface area contributed by atoms with Crippen molar-refractivity contribution < 1.29 is 23.9 Å². The average Bonchev–Trinajstić information content (AvgIpc) is 2.67. The fourth-order valence-electron chi connectivity index (χ4n) is 3.07. The molecule has 2 rings (SSSR count). The lowest BCUT2D eigenvalue weighted by Crippen LogP contribution is -3.06. The molecule has 0 spiro atoms. The zero-order chi connectivity index (χ0) is 19.8. The Morgan fingerprint density at radius 2 is 1.63 bits per heavy atom. The SMILES string of the molecule is COc1ccc(CC(=O)N[C@H](C[NH+](C)C)c2ccccc2)c(OC)c1OC. The number of carbonyl (C=O) groups excluding carboxylic acids is 1. The molecule has 2 aromatic carbocycles. The fraction of sp³-hybridized carbons (Fsp3) is 0.381. The molecule has 0 aliphatic rings. The zero-order valence-corrected chi connectivity index (χ0v) is 16.7. The van der Waals surface area contributed by atoms with Gasteiger partial charge in [-0.05, 0) is 11.6 Å². The van der Waals surface area contributed by atoms with Gasteiger partial charge in [-0.15, -0.1) is 0 Å².